The Morgan fingerprint density at radius 1 is 1.50 bits per heavy atom. The maximum absolute atomic E-state index is 6.02. The van der Waals surface area contributed by atoms with Gasteiger partial charge in [-0.05, 0) is 42.7 Å². The lowest BCUT2D eigenvalue weighted by molar-refractivity contribution is 0.345. The largest absolute Gasteiger partial charge is 0.330 e. The molecule has 0 aromatic carbocycles. The predicted molar refractivity (Wildman–Crippen MR) is 72.0 cm³/mol. The van der Waals surface area contributed by atoms with Crippen LogP contribution in [-0.2, 0) is 0 Å². The first-order chi connectivity index (χ1) is 7.55. The number of aromatic nitrogens is 1. The minimum atomic E-state index is 0.245. The fourth-order valence-corrected chi connectivity index (χ4v) is 2.41. The summed E-state index contributed by atoms with van der Waals surface area (Å²) < 4.78 is 0. The molecule has 90 valence electrons. The topological polar surface area (TPSA) is 38.9 Å². The van der Waals surface area contributed by atoms with E-state index in [1.165, 1.54) is 0 Å². The van der Waals surface area contributed by atoms with Gasteiger partial charge in [0.25, 0.3) is 0 Å². The van der Waals surface area contributed by atoms with Crippen molar-refractivity contribution in [2.24, 2.45) is 11.1 Å². The van der Waals surface area contributed by atoms with E-state index >= 15 is 0 Å². The quantitative estimate of drug-likeness (QED) is 0.626. The molecule has 0 aliphatic heterocycles. The fraction of sp³-hybridized carbons (Fsp3) is 0.583. The normalized spacial score (nSPS) is 11.8. The zero-order valence-electron chi connectivity index (χ0n) is 9.87. The van der Waals surface area contributed by atoms with Gasteiger partial charge in [0.2, 0.25) is 0 Å². The second-order valence-corrected chi connectivity index (χ2v) is 6.10. The Balaban J connectivity index is 2.29. The Kier molecular flexibility index (Phi) is 5.59. The lowest BCUT2D eigenvalue weighted by atomic mass is 9.88. The molecule has 0 amide bonds. The van der Waals surface area contributed by atoms with Crippen LogP contribution in [0.5, 0.6) is 0 Å². The van der Waals surface area contributed by atoms with E-state index in [1.807, 2.05) is 12.1 Å². The molecule has 1 aromatic heterocycles. The molecule has 1 aromatic rings. The van der Waals surface area contributed by atoms with E-state index in [2.05, 4.69) is 18.8 Å². The minimum absolute atomic E-state index is 0.245. The first kappa shape index (κ1) is 13.8. The van der Waals surface area contributed by atoms with Gasteiger partial charge in [-0.1, -0.05) is 25.4 Å². The van der Waals surface area contributed by atoms with Crippen LogP contribution in [-0.4, -0.2) is 17.3 Å². The number of thioether (sulfide) groups is 1. The predicted octanol–water partition coefficient (Wildman–Crippen LogP) is 3.59. The second kappa shape index (κ2) is 6.48. The van der Waals surface area contributed by atoms with Gasteiger partial charge in [-0.3, -0.25) is 0 Å². The number of nitrogens with two attached hydrogens (primary N) is 1. The highest BCUT2D eigenvalue weighted by molar-refractivity contribution is 7.99. The molecule has 0 bridgehead atoms. The van der Waals surface area contributed by atoms with Crippen LogP contribution in [0.3, 0.4) is 0 Å². The smallest absolute Gasteiger partial charge is 0.115 e. The first-order valence-electron chi connectivity index (χ1n) is 5.48. The van der Waals surface area contributed by atoms with E-state index in [4.69, 9.17) is 17.3 Å². The summed E-state index contributed by atoms with van der Waals surface area (Å²) in [6, 6.07) is 3.73. The molecule has 1 rings (SSSR count). The van der Waals surface area contributed by atoms with E-state index in [9.17, 15) is 0 Å². The van der Waals surface area contributed by atoms with E-state index in [0.717, 1.165) is 35.2 Å². The lowest BCUT2D eigenvalue weighted by Gasteiger charge is -2.21. The van der Waals surface area contributed by atoms with Gasteiger partial charge in [-0.2, -0.15) is 0 Å². The summed E-state index contributed by atoms with van der Waals surface area (Å²) in [5.74, 6) is 1.04. The second-order valence-electron chi connectivity index (χ2n) is 4.61. The van der Waals surface area contributed by atoms with Crippen LogP contribution in [0.4, 0.5) is 0 Å². The van der Waals surface area contributed by atoms with Crippen LogP contribution in [0.25, 0.3) is 0 Å². The zero-order chi connectivity index (χ0) is 12.0. The summed E-state index contributed by atoms with van der Waals surface area (Å²) in [5, 5.41) is 1.67. The number of pyridine rings is 1. The lowest BCUT2D eigenvalue weighted by Crippen LogP contribution is -2.23. The van der Waals surface area contributed by atoms with Gasteiger partial charge in [0.05, 0.1) is 5.02 Å². The first-order valence-corrected chi connectivity index (χ1v) is 6.85. The Hall–Kier alpha value is -0.250. The third-order valence-electron chi connectivity index (χ3n) is 2.51. The third kappa shape index (κ3) is 4.73. The van der Waals surface area contributed by atoms with Crippen molar-refractivity contribution in [2.45, 2.75) is 31.7 Å². The van der Waals surface area contributed by atoms with E-state index in [1.54, 1.807) is 18.0 Å². The third-order valence-corrected chi connectivity index (χ3v) is 4.02. The molecule has 0 aliphatic rings. The van der Waals surface area contributed by atoms with Crippen LogP contribution in [0.2, 0.25) is 5.02 Å². The molecular formula is C12H19ClN2S. The molecule has 16 heavy (non-hydrogen) atoms. The van der Waals surface area contributed by atoms with E-state index < -0.39 is 0 Å². The van der Waals surface area contributed by atoms with E-state index in [-0.39, 0.29) is 5.41 Å². The van der Waals surface area contributed by atoms with Gasteiger partial charge in [-0.25, -0.2) is 4.98 Å². The molecular weight excluding hydrogens is 240 g/mol. The molecule has 0 atom stereocenters. The van der Waals surface area contributed by atoms with Gasteiger partial charge in [0.15, 0.2) is 0 Å². The molecule has 0 saturated carbocycles. The van der Waals surface area contributed by atoms with Crippen molar-refractivity contribution in [3.63, 3.8) is 0 Å². The number of nitrogens with zero attached hydrogens (tertiary/aromatic N) is 1. The molecule has 4 heteroatoms. The molecule has 0 radical (unpaired) electrons. The van der Waals surface area contributed by atoms with Gasteiger partial charge < -0.3 is 5.73 Å². The van der Waals surface area contributed by atoms with Crippen LogP contribution in [0.15, 0.2) is 23.4 Å². The summed E-state index contributed by atoms with van der Waals surface area (Å²) in [7, 11) is 0. The minimum Gasteiger partial charge on any atom is -0.330 e. The highest BCUT2D eigenvalue weighted by Gasteiger charge is 2.14. The maximum Gasteiger partial charge on any atom is 0.115 e. The molecule has 0 spiro atoms. The van der Waals surface area contributed by atoms with Crippen molar-refractivity contribution >= 4 is 23.4 Å². The number of rotatable bonds is 6. The number of halogens is 1. The summed E-state index contributed by atoms with van der Waals surface area (Å²) in [6.07, 6.45) is 4.06. The number of hydrogen-bond donors (Lipinski definition) is 1. The summed E-state index contributed by atoms with van der Waals surface area (Å²) >= 11 is 7.73. The highest BCUT2D eigenvalue weighted by Crippen LogP contribution is 2.27. The molecule has 2 nitrogen and oxygen atoms in total. The number of hydrogen-bond acceptors (Lipinski definition) is 3. The summed E-state index contributed by atoms with van der Waals surface area (Å²) in [5.41, 5.74) is 5.93. The molecule has 0 aliphatic carbocycles. The van der Waals surface area contributed by atoms with Gasteiger partial charge in [0, 0.05) is 6.20 Å². The molecule has 0 unspecified atom stereocenters. The van der Waals surface area contributed by atoms with Gasteiger partial charge in [-0.15, -0.1) is 11.8 Å². The van der Waals surface area contributed by atoms with Crippen molar-refractivity contribution < 1.29 is 0 Å². The summed E-state index contributed by atoms with van der Waals surface area (Å²) in [4.78, 5) is 4.24. The average Bonchev–Trinajstić information content (AvgIpc) is 2.27. The van der Waals surface area contributed by atoms with Crippen molar-refractivity contribution in [1.29, 1.82) is 0 Å². The Morgan fingerprint density at radius 2 is 2.25 bits per heavy atom. The van der Waals surface area contributed by atoms with Crippen LogP contribution in [0, 0.1) is 5.41 Å². The SMILES string of the molecule is CC(C)(CN)CCCSc1ncccc1Cl. The van der Waals surface area contributed by atoms with Gasteiger partial charge in [0.1, 0.15) is 5.03 Å². The van der Waals surface area contributed by atoms with Crippen LogP contribution < -0.4 is 5.73 Å². The molecule has 0 fully saturated rings. The molecule has 2 N–H and O–H groups in total. The van der Waals surface area contributed by atoms with Crippen molar-refractivity contribution in [3.05, 3.63) is 23.4 Å². The monoisotopic (exact) mass is 258 g/mol. The fourth-order valence-electron chi connectivity index (χ4n) is 1.30. The van der Waals surface area contributed by atoms with Crippen molar-refractivity contribution in [3.8, 4) is 0 Å². The van der Waals surface area contributed by atoms with E-state index in [0.29, 0.717) is 0 Å². The Bertz CT molecular complexity index is 329. The highest BCUT2D eigenvalue weighted by atomic mass is 35.5. The van der Waals surface area contributed by atoms with Crippen LogP contribution >= 0.6 is 23.4 Å². The maximum atomic E-state index is 6.02. The van der Waals surface area contributed by atoms with Crippen LogP contribution in [0.1, 0.15) is 26.7 Å². The molecule has 0 saturated heterocycles. The Labute approximate surface area is 107 Å². The van der Waals surface area contributed by atoms with Crippen molar-refractivity contribution in [1.82, 2.24) is 4.98 Å². The Morgan fingerprint density at radius 3 is 2.88 bits per heavy atom. The summed E-state index contributed by atoms with van der Waals surface area (Å²) in [6.45, 7) is 5.14. The molecule has 1 heterocycles. The van der Waals surface area contributed by atoms with Crippen molar-refractivity contribution in [2.75, 3.05) is 12.3 Å². The zero-order valence-corrected chi connectivity index (χ0v) is 11.4. The van der Waals surface area contributed by atoms with Gasteiger partial charge >= 0.3 is 0 Å². The standard InChI is InChI=1S/C12H19ClN2S/c1-12(2,9-14)6-4-8-16-11-10(13)5-3-7-15-11/h3,5,7H,4,6,8-9,14H2,1-2H3. The average molecular weight is 259 g/mol.